The second-order valence-corrected chi connectivity index (χ2v) is 15.4. The Balaban J connectivity index is 0.873. The number of carbonyl (C=O) groups is 5. The number of anilines is 1. The molecule has 4 aromatic rings. The van der Waals surface area contributed by atoms with Crippen LogP contribution in [0.4, 0.5) is 10.1 Å². The van der Waals surface area contributed by atoms with Gasteiger partial charge >= 0.3 is 15.9 Å². The molecule has 4 heterocycles. The van der Waals surface area contributed by atoms with Crippen molar-refractivity contribution < 1.29 is 46.6 Å². The molecule has 1 aromatic heterocycles. The van der Waals surface area contributed by atoms with Crippen LogP contribution < -0.4 is 30.1 Å². The SMILES string of the molecule is Cn1c(=O)n(C2CCC(=O)NC2=O)c2ccc(C3CCN(C(=O)CCC(=O)NCCOc4ccc5cc(O)c(N6CC(=O)NS6(=O)=O)c(F)c5c4)CC3)cc21. The second-order valence-electron chi connectivity index (χ2n) is 13.8. The van der Waals surface area contributed by atoms with Crippen LogP contribution in [-0.4, -0.2) is 89.9 Å². The van der Waals surface area contributed by atoms with Crippen molar-refractivity contribution in [3.05, 3.63) is 64.3 Å². The molecule has 3 aliphatic rings. The van der Waals surface area contributed by atoms with Crippen molar-refractivity contribution in [3.8, 4) is 11.5 Å². The minimum absolute atomic E-state index is 0.00574. The number of halogens is 1. The third-order valence-corrected chi connectivity index (χ3v) is 11.7. The molecule has 3 aliphatic heterocycles. The Kier molecular flexibility index (Phi) is 9.97. The number of carbonyl (C=O) groups excluding carboxylic acids is 5. The lowest BCUT2D eigenvalue weighted by Crippen LogP contribution is -2.44. The van der Waals surface area contributed by atoms with E-state index in [0.717, 1.165) is 5.56 Å². The monoisotopic (exact) mass is 779 g/mol. The zero-order valence-corrected chi connectivity index (χ0v) is 30.5. The number of imide groups is 1. The number of rotatable bonds is 10. The van der Waals surface area contributed by atoms with E-state index in [2.05, 4.69) is 10.6 Å². The van der Waals surface area contributed by atoms with Crippen molar-refractivity contribution in [2.45, 2.75) is 50.5 Å². The summed E-state index contributed by atoms with van der Waals surface area (Å²) in [6.07, 6.45) is 1.79. The molecular weight excluding hydrogens is 742 g/mol. The van der Waals surface area contributed by atoms with Gasteiger partial charge in [0.05, 0.1) is 17.6 Å². The first-order chi connectivity index (χ1) is 26.2. The molecule has 5 amide bonds. The number of imidazole rings is 1. The number of phenolic OH excluding ortho intramolecular Hbond substituents is 1. The van der Waals surface area contributed by atoms with Crippen LogP contribution in [0.1, 0.15) is 56.0 Å². The molecule has 0 saturated carbocycles. The summed E-state index contributed by atoms with van der Waals surface area (Å²) >= 11 is 0. The van der Waals surface area contributed by atoms with Crippen LogP contribution in [0, 0.1) is 5.82 Å². The predicted molar refractivity (Wildman–Crippen MR) is 195 cm³/mol. The van der Waals surface area contributed by atoms with Gasteiger partial charge in [0.1, 0.15) is 36.4 Å². The Morgan fingerprint density at radius 2 is 1.75 bits per heavy atom. The van der Waals surface area contributed by atoms with Gasteiger partial charge in [-0.25, -0.2) is 18.2 Å². The van der Waals surface area contributed by atoms with Crippen molar-refractivity contribution >= 4 is 67.2 Å². The average molecular weight is 780 g/mol. The average Bonchev–Trinajstić information content (AvgIpc) is 3.57. The molecule has 19 heteroatoms. The Hall–Kier alpha value is -5.98. The van der Waals surface area contributed by atoms with Gasteiger partial charge in [-0.05, 0) is 66.5 Å². The molecule has 55 heavy (non-hydrogen) atoms. The van der Waals surface area contributed by atoms with Crippen LogP contribution in [-0.2, 0) is 41.2 Å². The van der Waals surface area contributed by atoms with E-state index in [1.54, 1.807) is 16.7 Å². The lowest BCUT2D eigenvalue weighted by atomic mass is 9.89. The third-order valence-electron chi connectivity index (χ3n) is 10.3. The molecule has 17 nitrogen and oxygen atoms in total. The lowest BCUT2D eigenvalue weighted by Gasteiger charge is -2.32. The molecule has 0 spiro atoms. The van der Waals surface area contributed by atoms with Crippen LogP contribution in [0.2, 0.25) is 0 Å². The highest BCUT2D eigenvalue weighted by atomic mass is 32.2. The maximum Gasteiger partial charge on any atom is 0.329 e. The van der Waals surface area contributed by atoms with Gasteiger partial charge in [0.2, 0.25) is 23.6 Å². The molecule has 0 radical (unpaired) electrons. The number of hydrogen-bond acceptors (Lipinski definition) is 10. The van der Waals surface area contributed by atoms with E-state index in [4.69, 9.17) is 4.74 Å². The van der Waals surface area contributed by atoms with Crippen molar-refractivity contribution in [1.82, 2.24) is 29.4 Å². The number of aromatic hydroxyl groups is 1. The van der Waals surface area contributed by atoms with Crippen molar-refractivity contribution in [2.24, 2.45) is 7.05 Å². The van der Waals surface area contributed by atoms with Crippen LogP contribution in [0.15, 0.2) is 47.3 Å². The van der Waals surface area contributed by atoms with Crippen LogP contribution in [0.5, 0.6) is 11.5 Å². The quantitative estimate of drug-likeness (QED) is 0.133. The van der Waals surface area contributed by atoms with Gasteiger partial charge in [-0.1, -0.05) is 12.1 Å². The standard InChI is InChI=1S/C36H38FN7O10S/c1-41-27-16-21(3-5-25(27)44(36(41)51)26-6-7-30(47)39-35(26)50)20-10-13-42(14-11-20)32(49)9-8-29(46)38-12-15-54-23-4-2-22-17-28(45)34(33(37)24(22)18-23)43-19-31(48)40-55(43,52)53/h2-5,16-18,20,26,45H,6-15,19H2,1H3,(H,38,46)(H,40,48)(H,39,47,50). The van der Waals surface area contributed by atoms with Gasteiger partial charge in [0, 0.05) is 44.8 Å². The topological polar surface area (TPSA) is 218 Å². The molecule has 0 aliphatic carbocycles. The van der Waals surface area contributed by atoms with Crippen LogP contribution in [0.25, 0.3) is 21.8 Å². The van der Waals surface area contributed by atoms with Crippen molar-refractivity contribution in [1.29, 1.82) is 0 Å². The summed E-state index contributed by atoms with van der Waals surface area (Å²) in [7, 11) is -2.72. The summed E-state index contributed by atoms with van der Waals surface area (Å²) in [4.78, 5) is 76.1. The van der Waals surface area contributed by atoms with Crippen LogP contribution in [0.3, 0.4) is 0 Å². The molecule has 1 unspecified atom stereocenters. The number of piperidine rings is 2. The van der Waals surface area contributed by atoms with Crippen molar-refractivity contribution in [3.63, 3.8) is 0 Å². The number of hydrogen-bond donors (Lipinski definition) is 4. The summed E-state index contributed by atoms with van der Waals surface area (Å²) in [5, 5.41) is 15.6. The minimum Gasteiger partial charge on any atom is -0.506 e. The summed E-state index contributed by atoms with van der Waals surface area (Å²) in [6.45, 7) is 0.416. The first kappa shape index (κ1) is 37.3. The molecule has 3 aromatic carbocycles. The van der Waals surface area contributed by atoms with E-state index >= 15 is 4.39 Å². The summed E-state index contributed by atoms with van der Waals surface area (Å²) in [5.41, 5.74) is 1.30. The number of fused-ring (bicyclic) bond motifs is 2. The first-order valence-corrected chi connectivity index (χ1v) is 19.2. The summed E-state index contributed by atoms with van der Waals surface area (Å²) in [5.74, 6) is -3.57. The summed E-state index contributed by atoms with van der Waals surface area (Å²) in [6, 6.07) is 10.4. The lowest BCUT2D eigenvalue weighted by molar-refractivity contribution is -0.136. The number of likely N-dealkylation sites (tertiary alicyclic amines) is 1. The number of phenols is 1. The Labute approximate surface area is 313 Å². The first-order valence-electron chi connectivity index (χ1n) is 17.7. The normalized spacial score (nSPS) is 18.8. The Morgan fingerprint density at radius 3 is 2.45 bits per heavy atom. The molecule has 1 atom stereocenters. The molecule has 290 valence electrons. The van der Waals surface area contributed by atoms with Gasteiger partial charge < -0.3 is 20.1 Å². The van der Waals surface area contributed by atoms with E-state index in [9.17, 15) is 42.3 Å². The highest BCUT2D eigenvalue weighted by Gasteiger charge is 2.38. The van der Waals surface area contributed by atoms with Gasteiger partial charge in [0.15, 0.2) is 5.82 Å². The van der Waals surface area contributed by atoms with Crippen LogP contribution >= 0.6 is 0 Å². The van der Waals surface area contributed by atoms with Gasteiger partial charge in [-0.2, -0.15) is 8.42 Å². The highest BCUT2D eigenvalue weighted by molar-refractivity contribution is 7.92. The number of nitrogens with zero attached hydrogens (tertiary/aromatic N) is 4. The van der Waals surface area contributed by atoms with Gasteiger partial charge in [-0.15, -0.1) is 0 Å². The van der Waals surface area contributed by atoms with Gasteiger partial charge in [-0.3, -0.25) is 38.4 Å². The molecule has 3 saturated heterocycles. The van der Waals surface area contributed by atoms with E-state index in [1.165, 1.54) is 33.4 Å². The van der Waals surface area contributed by atoms with Crippen molar-refractivity contribution in [2.75, 3.05) is 37.1 Å². The Bertz CT molecular complexity index is 2440. The number of amides is 5. The van der Waals surface area contributed by atoms with Gasteiger partial charge in [0.25, 0.3) is 5.91 Å². The largest absolute Gasteiger partial charge is 0.506 e. The van der Waals surface area contributed by atoms with E-state index in [0.29, 0.717) is 41.3 Å². The number of aryl methyl sites for hydroxylation is 1. The molecule has 3 fully saturated rings. The highest BCUT2D eigenvalue weighted by Crippen LogP contribution is 2.39. The Morgan fingerprint density at radius 1 is 0.982 bits per heavy atom. The van der Waals surface area contributed by atoms with E-state index in [-0.39, 0.29) is 84.7 Å². The fourth-order valence-electron chi connectivity index (χ4n) is 7.43. The molecule has 4 N–H and O–H groups in total. The predicted octanol–water partition coefficient (Wildman–Crippen LogP) is 1.18. The number of nitrogens with one attached hydrogen (secondary N) is 3. The molecule has 0 bridgehead atoms. The molecular formula is C36H38FN7O10S. The summed E-state index contributed by atoms with van der Waals surface area (Å²) < 4.78 is 50.8. The van der Waals surface area contributed by atoms with E-state index < -0.39 is 51.9 Å². The maximum absolute atomic E-state index is 15.5. The van der Waals surface area contributed by atoms with E-state index in [1.807, 2.05) is 18.2 Å². The zero-order valence-electron chi connectivity index (χ0n) is 29.7. The maximum atomic E-state index is 15.5. The number of ether oxygens (including phenoxy) is 1. The number of aromatic nitrogens is 2. The fourth-order valence-corrected chi connectivity index (χ4v) is 8.60. The second kappa shape index (κ2) is 14.7. The molecule has 7 rings (SSSR count). The minimum atomic E-state index is -4.37. The fraction of sp³-hybridized carbons (Fsp3) is 0.389. The zero-order chi connectivity index (χ0) is 39.2. The number of benzene rings is 3. The smallest absolute Gasteiger partial charge is 0.329 e. The third kappa shape index (κ3) is 7.30.